The van der Waals surface area contributed by atoms with Gasteiger partial charge in [-0.15, -0.1) is 11.3 Å². The molecule has 3 aromatic rings. The minimum atomic E-state index is -0.328. The van der Waals surface area contributed by atoms with Crippen LogP contribution in [0.15, 0.2) is 47.1 Å². The van der Waals surface area contributed by atoms with Gasteiger partial charge in [-0.05, 0) is 50.5 Å². The molecule has 144 valence electrons. The SMILES string of the molecule is Cc1sc(-c2ccco2)nc1C(=O)Nc1ccccc1C(=O)N1CCCCC1. The lowest BCUT2D eigenvalue weighted by Gasteiger charge is -2.27. The zero-order valence-corrected chi connectivity index (χ0v) is 16.4. The molecule has 2 amide bonds. The molecule has 1 aliphatic heterocycles. The van der Waals surface area contributed by atoms with Crippen molar-refractivity contribution in [1.29, 1.82) is 0 Å². The number of hydrogen-bond acceptors (Lipinski definition) is 5. The molecular formula is C21H21N3O3S. The third kappa shape index (κ3) is 3.71. The van der Waals surface area contributed by atoms with E-state index in [-0.39, 0.29) is 11.8 Å². The number of nitrogens with one attached hydrogen (secondary N) is 1. The molecule has 7 heteroatoms. The number of carbonyl (C=O) groups is 2. The van der Waals surface area contributed by atoms with Crippen LogP contribution in [0.1, 0.15) is 45.0 Å². The topological polar surface area (TPSA) is 75.4 Å². The first kappa shape index (κ1) is 18.4. The van der Waals surface area contributed by atoms with E-state index in [9.17, 15) is 9.59 Å². The molecule has 2 aromatic heterocycles. The largest absolute Gasteiger partial charge is 0.462 e. The van der Waals surface area contributed by atoms with E-state index in [1.807, 2.05) is 30.0 Å². The third-order valence-corrected chi connectivity index (χ3v) is 5.78. The van der Waals surface area contributed by atoms with E-state index in [1.54, 1.807) is 24.5 Å². The number of anilines is 1. The maximum Gasteiger partial charge on any atom is 0.275 e. The molecule has 1 aliphatic rings. The minimum Gasteiger partial charge on any atom is -0.462 e. The molecule has 0 spiro atoms. The Balaban J connectivity index is 1.56. The predicted molar refractivity (Wildman–Crippen MR) is 109 cm³/mol. The van der Waals surface area contributed by atoms with Crippen molar-refractivity contribution >= 4 is 28.8 Å². The fourth-order valence-corrected chi connectivity index (χ4v) is 4.22. The van der Waals surface area contributed by atoms with E-state index in [2.05, 4.69) is 10.3 Å². The third-order valence-electron chi connectivity index (χ3n) is 4.79. The summed E-state index contributed by atoms with van der Waals surface area (Å²) in [7, 11) is 0. The van der Waals surface area contributed by atoms with Crippen molar-refractivity contribution in [2.45, 2.75) is 26.2 Å². The Morgan fingerprint density at radius 2 is 1.89 bits per heavy atom. The van der Waals surface area contributed by atoms with Crippen molar-refractivity contribution < 1.29 is 14.0 Å². The fourth-order valence-electron chi connectivity index (χ4n) is 3.34. The Morgan fingerprint density at radius 3 is 2.64 bits per heavy atom. The molecule has 0 aliphatic carbocycles. The van der Waals surface area contributed by atoms with Crippen LogP contribution in [0.4, 0.5) is 5.69 Å². The normalized spacial score (nSPS) is 14.1. The van der Waals surface area contributed by atoms with Crippen molar-refractivity contribution in [2.24, 2.45) is 0 Å². The van der Waals surface area contributed by atoms with Crippen LogP contribution in [-0.2, 0) is 0 Å². The summed E-state index contributed by atoms with van der Waals surface area (Å²) in [6.07, 6.45) is 4.78. The fraction of sp³-hybridized carbons (Fsp3) is 0.286. The van der Waals surface area contributed by atoms with Gasteiger partial charge in [-0.2, -0.15) is 0 Å². The summed E-state index contributed by atoms with van der Waals surface area (Å²) in [5.41, 5.74) is 1.36. The summed E-state index contributed by atoms with van der Waals surface area (Å²) in [5, 5.41) is 3.53. The number of para-hydroxylation sites is 1. The van der Waals surface area contributed by atoms with Crippen LogP contribution in [0.25, 0.3) is 10.8 Å². The first-order chi connectivity index (χ1) is 13.6. The highest BCUT2D eigenvalue weighted by molar-refractivity contribution is 7.15. The molecule has 0 radical (unpaired) electrons. The van der Waals surface area contributed by atoms with E-state index in [0.717, 1.165) is 37.2 Å². The molecule has 0 saturated carbocycles. The molecule has 1 fully saturated rings. The van der Waals surface area contributed by atoms with Gasteiger partial charge in [-0.3, -0.25) is 9.59 Å². The number of aromatic nitrogens is 1. The molecule has 1 N–H and O–H groups in total. The number of benzene rings is 1. The molecule has 0 bridgehead atoms. The van der Waals surface area contributed by atoms with Gasteiger partial charge in [0.05, 0.1) is 17.5 Å². The van der Waals surface area contributed by atoms with Crippen LogP contribution in [0.5, 0.6) is 0 Å². The number of likely N-dealkylation sites (tertiary alicyclic amines) is 1. The molecular weight excluding hydrogens is 374 g/mol. The number of piperidine rings is 1. The van der Waals surface area contributed by atoms with Crippen LogP contribution in [0, 0.1) is 6.92 Å². The summed E-state index contributed by atoms with van der Waals surface area (Å²) in [6.45, 7) is 3.38. The van der Waals surface area contributed by atoms with Gasteiger partial charge in [0.2, 0.25) is 0 Å². The number of nitrogens with zero attached hydrogens (tertiary/aromatic N) is 2. The van der Waals surface area contributed by atoms with Gasteiger partial charge >= 0.3 is 0 Å². The van der Waals surface area contributed by atoms with Crippen LogP contribution < -0.4 is 5.32 Å². The van der Waals surface area contributed by atoms with Gasteiger partial charge in [0.25, 0.3) is 11.8 Å². The molecule has 1 aromatic carbocycles. The second-order valence-electron chi connectivity index (χ2n) is 6.75. The summed E-state index contributed by atoms with van der Waals surface area (Å²) < 4.78 is 5.37. The summed E-state index contributed by atoms with van der Waals surface area (Å²) in [5.74, 6) is 0.264. The zero-order chi connectivity index (χ0) is 19.5. The Hall–Kier alpha value is -2.93. The van der Waals surface area contributed by atoms with Crippen molar-refractivity contribution in [3.05, 3.63) is 58.8 Å². The van der Waals surface area contributed by atoms with Crippen LogP contribution in [0.2, 0.25) is 0 Å². The predicted octanol–water partition coefficient (Wildman–Crippen LogP) is 4.59. The van der Waals surface area contributed by atoms with E-state index in [0.29, 0.717) is 27.7 Å². The highest BCUT2D eigenvalue weighted by Gasteiger charge is 2.23. The van der Waals surface area contributed by atoms with E-state index < -0.39 is 0 Å². The van der Waals surface area contributed by atoms with E-state index >= 15 is 0 Å². The quantitative estimate of drug-likeness (QED) is 0.701. The number of carbonyl (C=O) groups excluding carboxylic acids is 2. The number of furan rings is 1. The number of thiazole rings is 1. The van der Waals surface area contributed by atoms with Crippen molar-refractivity contribution in [1.82, 2.24) is 9.88 Å². The Bertz CT molecular complexity index is 988. The van der Waals surface area contributed by atoms with E-state index in [1.165, 1.54) is 11.3 Å². The van der Waals surface area contributed by atoms with Gasteiger partial charge < -0.3 is 14.6 Å². The first-order valence-electron chi connectivity index (χ1n) is 9.34. The van der Waals surface area contributed by atoms with Crippen LogP contribution in [-0.4, -0.2) is 34.8 Å². The Labute approximate surface area is 167 Å². The highest BCUT2D eigenvalue weighted by Crippen LogP contribution is 2.29. The molecule has 6 nitrogen and oxygen atoms in total. The first-order valence-corrected chi connectivity index (χ1v) is 10.2. The number of rotatable bonds is 4. The lowest BCUT2D eigenvalue weighted by atomic mass is 10.1. The van der Waals surface area contributed by atoms with Gasteiger partial charge in [0, 0.05) is 18.0 Å². The Kier molecular flexibility index (Phi) is 5.25. The average molecular weight is 395 g/mol. The highest BCUT2D eigenvalue weighted by atomic mass is 32.1. The molecule has 3 heterocycles. The monoisotopic (exact) mass is 395 g/mol. The maximum absolute atomic E-state index is 12.9. The van der Waals surface area contributed by atoms with Gasteiger partial charge in [0.15, 0.2) is 10.8 Å². The molecule has 0 unspecified atom stereocenters. The molecule has 28 heavy (non-hydrogen) atoms. The number of amides is 2. The maximum atomic E-state index is 12.9. The number of aryl methyl sites for hydroxylation is 1. The van der Waals surface area contributed by atoms with Crippen molar-refractivity contribution in [2.75, 3.05) is 18.4 Å². The second-order valence-corrected chi connectivity index (χ2v) is 7.96. The van der Waals surface area contributed by atoms with E-state index in [4.69, 9.17) is 4.42 Å². The summed E-state index contributed by atoms with van der Waals surface area (Å²) >= 11 is 1.40. The molecule has 0 atom stereocenters. The average Bonchev–Trinajstić information content (AvgIpc) is 3.38. The summed E-state index contributed by atoms with van der Waals surface area (Å²) in [4.78, 5) is 32.8. The summed E-state index contributed by atoms with van der Waals surface area (Å²) in [6, 6.07) is 10.7. The van der Waals surface area contributed by atoms with Crippen molar-refractivity contribution in [3.8, 4) is 10.8 Å². The lowest BCUT2D eigenvalue weighted by molar-refractivity contribution is 0.0725. The van der Waals surface area contributed by atoms with Gasteiger partial charge in [-0.1, -0.05) is 12.1 Å². The minimum absolute atomic E-state index is 0.0399. The number of hydrogen-bond donors (Lipinski definition) is 1. The second kappa shape index (κ2) is 7.98. The van der Waals surface area contributed by atoms with Gasteiger partial charge in [-0.25, -0.2) is 4.98 Å². The lowest BCUT2D eigenvalue weighted by Crippen LogP contribution is -2.36. The smallest absolute Gasteiger partial charge is 0.275 e. The van der Waals surface area contributed by atoms with Gasteiger partial charge in [0.1, 0.15) is 5.69 Å². The zero-order valence-electron chi connectivity index (χ0n) is 15.6. The Morgan fingerprint density at radius 1 is 1.11 bits per heavy atom. The van der Waals surface area contributed by atoms with Crippen LogP contribution >= 0.6 is 11.3 Å². The van der Waals surface area contributed by atoms with Crippen LogP contribution in [0.3, 0.4) is 0 Å². The molecule has 1 saturated heterocycles. The molecule has 4 rings (SSSR count). The standard InChI is InChI=1S/C21H21N3O3S/c1-14-18(23-20(28-14)17-10-7-13-27-17)19(25)22-16-9-4-3-8-15(16)21(26)24-11-5-2-6-12-24/h3-4,7-10,13H,2,5-6,11-12H2,1H3,(H,22,25). The van der Waals surface area contributed by atoms with Crippen molar-refractivity contribution in [3.63, 3.8) is 0 Å².